The highest BCUT2D eigenvalue weighted by Crippen LogP contribution is 2.49. The number of aryl methyl sites for hydroxylation is 1. The normalized spacial score (nSPS) is 19.2. The molecule has 1 aliphatic rings. The molecule has 1 aromatic heterocycles. The number of amides is 2. The molecule has 2 amide bonds. The minimum atomic E-state index is -0.104. The van der Waals surface area contributed by atoms with Gasteiger partial charge in [-0.1, -0.05) is 12.1 Å². The summed E-state index contributed by atoms with van der Waals surface area (Å²) in [5.41, 5.74) is 1.62. The van der Waals surface area contributed by atoms with Crippen LogP contribution in [0.2, 0.25) is 0 Å². The molecule has 3 rings (SSSR count). The first kappa shape index (κ1) is 15.7. The lowest BCUT2D eigenvalue weighted by molar-refractivity contribution is -0.122. The van der Waals surface area contributed by atoms with Crippen LogP contribution in [0.1, 0.15) is 38.0 Å². The fourth-order valence-corrected chi connectivity index (χ4v) is 3.75. The quantitative estimate of drug-likeness (QED) is 0.887. The van der Waals surface area contributed by atoms with Gasteiger partial charge in [0.1, 0.15) is 0 Å². The molecular weight excluding hydrogens is 308 g/mol. The van der Waals surface area contributed by atoms with Crippen molar-refractivity contribution in [2.75, 3.05) is 7.05 Å². The fraction of sp³-hybridized carbons (Fsp3) is 0.333. The summed E-state index contributed by atoms with van der Waals surface area (Å²) in [5, 5.41) is 5.58. The summed E-state index contributed by atoms with van der Waals surface area (Å²) in [6.07, 6.45) is 0.946. The lowest BCUT2D eigenvalue weighted by Crippen LogP contribution is -2.25. The van der Waals surface area contributed by atoms with Gasteiger partial charge in [-0.05, 0) is 43.2 Å². The van der Waals surface area contributed by atoms with E-state index in [0.29, 0.717) is 18.0 Å². The van der Waals surface area contributed by atoms with Gasteiger partial charge < -0.3 is 10.6 Å². The molecule has 120 valence electrons. The van der Waals surface area contributed by atoms with Crippen LogP contribution in [0.15, 0.2) is 36.4 Å². The standard InChI is InChI=1S/C18H20N2O2S/c1-11-3-8-16(23-11)14-9-15(14)18(22)20-10-12-4-6-13(7-5-12)17(21)19-2/h3-8,14-15H,9-10H2,1-2H3,(H,19,21)(H,20,22)/t14-,15-/m0/s1. The van der Waals surface area contributed by atoms with Crippen LogP contribution in [0, 0.1) is 12.8 Å². The van der Waals surface area contributed by atoms with Crippen LogP contribution in [0.4, 0.5) is 0 Å². The van der Waals surface area contributed by atoms with Crippen LogP contribution in [0.25, 0.3) is 0 Å². The molecule has 23 heavy (non-hydrogen) atoms. The van der Waals surface area contributed by atoms with E-state index in [-0.39, 0.29) is 17.7 Å². The summed E-state index contributed by atoms with van der Waals surface area (Å²) in [4.78, 5) is 26.3. The second-order valence-corrected chi connectivity index (χ2v) is 7.21. The van der Waals surface area contributed by atoms with Crippen molar-refractivity contribution in [3.8, 4) is 0 Å². The van der Waals surface area contributed by atoms with Crippen LogP contribution < -0.4 is 10.6 Å². The van der Waals surface area contributed by atoms with Gasteiger partial charge in [-0.25, -0.2) is 0 Å². The Morgan fingerprint density at radius 2 is 1.91 bits per heavy atom. The third-order valence-electron chi connectivity index (χ3n) is 4.16. The van der Waals surface area contributed by atoms with Gasteiger partial charge in [0.15, 0.2) is 0 Å². The van der Waals surface area contributed by atoms with Gasteiger partial charge in [0.25, 0.3) is 5.91 Å². The van der Waals surface area contributed by atoms with E-state index in [0.717, 1.165) is 12.0 Å². The van der Waals surface area contributed by atoms with E-state index >= 15 is 0 Å². The topological polar surface area (TPSA) is 58.2 Å². The average molecular weight is 328 g/mol. The van der Waals surface area contributed by atoms with E-state index in [4.69, 9.17) is 0 Å². The molecule has 0 aliphatic heterocycles. The predicted octanol–water partition coefficient (Wildman–Crippen LogP) is 2.84. The third-order valence-corrected chi connectivity index (χ3v) is 5.30. The highest BCUT2D eigenvalue weighted by molar-refractivity contribution is 7.12. The summed E-state index contributed by atoms with van der Waals surface area (Å²) in [6.45, 7) is 2.59. The summed E-state index contributed by atoms with van der Waals surface area (Å²) in [6, 6.07) is 11.5. The van der Waals surface area contributed by atoms with Crippen LogP contribution in [0.3, 0.4) is 0 Å². The second kappa shape index (κ2) is 6.54. The first-order valence-corrected chi connectivity index (χ1v) is 8.55. The molecule has 0 unspecified atom stereocenters. The van der Waals surface area contributed by atoms with Gasteiger partial charge in [0, 0.05) is 40.7 Å². The van der Waals surface area contributed by atoms with Crippen molar-refractivity contribution in [2.45, 2.75) is 25.8 Å². The minimum absolute atomic E-state index is 0.104. The largest absolute Gasteiger partial charge is 0.355 e. The molecule has 0 bridgehead atoms. The number of thiophene rings is 1. The van der Waals surface area contributed by atoms with E-state index in [9.17, 15) is 9.59 Å². The molecule has 1 aromatic carbocycles. The molecule has 2 atom stereocenters. The molecular formula is C18H20N2O2S. The smallest absolute Gasteiger partial charge is 0.251 e. The highest BCUT2D eigenvalue weighted by atomic mass is 32.1. The molecule has 0 spiro atoms. The summed E-state index contributed by atoms with van der Waals surface area (Å²) < 4.78 is 0. The maximum absolute atomic E-state index is 12.2. The Labute approximate surface area is 139 Å². The van der Waals surface area contributed by atoms with Crippen molar-refractivity contribution in [3.63, 3.8) is 0 Å². The molecule has 1 saturated carbocycles. The third kappa shape index (κ3) is 3.62. The number of hydrogen-bond acceptors (Lipinski definition) is 3. The Kier molecular flexibility index (Phi) is 4.48. The van der Waals surface area contributed by atoms with Gasteiger partial charge >= 0.3 is 0 Å². The fourth-order valence-electron chi connectivity index (χ4n) is 2.69. The number of carbonyl (C=O) groups is 2. The first-order valence-electron chi connectivity index (χ1n) is 7.73. The van der Waals surface area contributed by atoms with Crippen molar-refractivity contribution in [1.29, 1.82) is 0 Å². The van der Waals surface area contributed by atoms with Crippen molar-refractivity contribution >= 4 is 23.2 Å². The van der Waals surface area contributed by atoms with Crippen LogP contribution in [-0.2, 0) is 11.3 Å². The monoisotopic (exact) mass is 328 g/mol. The van der Waals surface area contributed by atoms with Crippen molar-refractivity contribution < 1.29 is 9.59 Å². The van der Waals surface area contributed by atoms with Crippen molar-refractivity contribution in [3.05, 3.63) is 57.3 Å². The van der Waals surface area contributed by atoms with Crippen molar-refractivity contribution in [1.82, 2.24) is 10.6 Å². The van der Waals surface area contributed by atoms with E-state index in [1.165, 1.54) is 9.75 Å². The molecule has 1 aliphatic carbocycles. The van der Waals surface area contributed by atoms with Gasteiger partial charge in [-0.15, -0.1) is 11.3 Å². The summed E-state index contributed by atoms with van der Waals surface area (Å²) in [5.74, 6) is 0.520. The van der Waals surface area contributed by atoms with Gasteiger partial charge in [0.05, 0.1) is 0 Å². The second-order valence-electron chi connectivity index (χ2n) is 5.89. The van der Waals surface area contributed by atoms with Gasteiger partial charge in [-0.2, -0.15) is 0 Å². The lowest BCUT2D eigenvalue weighted by atomic mass is 10.1. The summed E-state index contributed by atoms with van der Waals surface area (Å²) >= 11 is 1.78. The minimum Gasteiger partial charge on any atom is -0.355 e. The van der Waals surface area contributed by atoms with Crippen molar-refractivity contribution in [2.24, 2.45) is 5.92 Å². The highest BCUT2D eigenvalue weighted by Gasteiger charge is 2.44. The SMILES string of the molecule is CNC(=O)c1ccc(CNC(=O)[C@H]2C[C@@H]2c2ccc(C)s2)cc1. The Morgan fingerprint density at radius 1 is 1.17 bits per heavy atom. The molecule has 1 heterocycles. The molecule has 2 N–H and O–H groups in total. The maximum atomic E-state index is 12.2. The molecule has 2 aromatic rings. The zero-order valence-corrected chi connectivity index (χ0v) is 14.1. The number of rotatable bonds is 5. The lowest BCUT2D eigenvalue weighted by Gasteiger charge is -2.06. The number of benzene rings is 1. The van der Waals surface area contributed by atoms with E-state index in [1.807, 2.05) is 12.1 Å². The van der Waals surface area contributed by atoms with Crippen LogP contribution in [-0.4, -0.2) is 18.9 Å². The van der Waals surface area contributed by atoms with Crippen LogP contribution >= 0.6 is 11.3 Å². The zero-order chi connectivity index (χ0) is 16.4. The number of nitrogens with one attached hydrogen (secondary N) is 2. The average Bonchev–Trinajstić information content (AvgIpc) is 3.26. The van der Waals surface area contributed by atoms with Gasteiger partial charge in [-0.3, -0.25) is 9.59 Å². The molecule has 0 saturated heterocycles. The van der Waals surface area contributed by atoms with Gasteiger partial charge in [0.2, 0.25) is 5.91 Å². The zero-order valence-electron chi connectivity index (χ0n) is 13.3. The Hall–Kier alpha value is -2.14. The molecule has 0 radical (unpaired) electrons. The number of carbonyl (C=O) groups excluding carboxylic acids is 2. The van der Waals surface area contributed by atoms with E-state index in [1.54, 1.807) is 30.5 Å². The van der Waals surface area contributed by atoms with E-state index < -0.39 is 0 Å². The predicted molar refractivity (Wildman–Crippen MR) is 91.6 cm³/mol. The van der Waals surface area contributed by atoms with E-state index in [2.05, 4.69) is 29.7 Å². The number of hydrogen-bond donors (Lipinski definition) is 2. The maximum Gasteiger partial charge on any atom is 0.251 e. The first-order chi connectivity index (χ1) is 11.1. The molecule has 1 fully saturated rings. The Balaban J connectivity index is 1.51. The Morgan fingerprint density at radius 3 is 2.52 bits per heavy atom. The Bertz CT molecular complexity index is 721. The van der Waals surface area contributed by atoms with Crippen LogP contribution in [0.5, 0.6) is 0 Å². The molecule has 5 heteroatoms. The molecule has 4 nitrogen and oxygen atoms in total. The summed E-state index contributed by atoms with van der Waals surface area (Å²) in [7, 11) is 1.61.